The van der Waals surface area contributed by atoms with Gasteiger partial charge >= 0.3 is 0 Å². The van der Waals surface area contributed by atoms with E-state index in [0.29, 0.717) is 23.2 Å². The molecular weight excluding hydrogens is 351 g/mol. The number of hydrogen-bond acceptors (Lipinski definition) is 3. The molecule has 0 saturated carbocycles. The van der Waals surface area contributed by atoms with Crippen LogP contribution in [-0.2, 0) is 0 Å². The van der Waals surface area contributed by atoms with Crippen LogP contribution >= 0.6 is 34.2 Å². The Morgan fingerprint density at radius 3 is 2.41 bits per heavy atom. The van der Waals surface area contributed by atoms with Gasteiger partial charge in [0.25, 0.3) is 5.95 Å². The van der Waals surface area contributed by atoms with Crippen LogP contribution in [-0.4, -0.2) is 33.3 Å². The summed E-state index contributed by atoms with van der Waals surface area (Å²) >= 11 is 7.99. The summed E-state index contributed by atoms with van der Waals surface area (Å²) in [5.41, 5.74) is 0. The SMILES string of the molecule is CC(C)N(/C=N/c1ncc(I)c(Cl)n1)C(C)C. The van der Waals surface area contributed by atoms with Crippen molar-refractivity contribution in [2.45, 2.75) is 39.8 Å². The number of rotatable bonds is 4. The lowest BCUT2D eigenvalue weighted by Gasteiger charge is -2.27. The molecule has 0 aliphatic heterocycles. The van der Waals surface area contributed by atoms with Crippen molar-refractivity contribution in [3.05, 3.63) is 14.9 Å². The number of aromatic nitrogens is 2. The van der Waals surface area contributed by atoms with Crippen LogP contribution in [0.3, 0.4) is 0 Å². The average Bonchev–Trinajstić information content (AvgIpc) is 2.22. The number of nitrogens with zero attached hydrogens (tertiary/aromatic N) is 4. The summed E-state index contributed by atoms with van der Waals surface area (Å²) in [6, 6.07) is 0.774. The lowest BCUT2D eigenvalue weighted by molar-refractivity contribution is 0.301. The van der Waals surface area contributed by atoms with Gasteiger partial charge in [-0.05, 0) is 50.3 Å². The Hall–Kier alpha value is -0.430. The first kappa shape index (κ1) is 14.6. The Kier molecular flexibility index (Phi) is 5.58. The molecular formula is C11H16ClIN4. The standard InChI is InChI=1S/C11H16ClIN4/c1-7(2)17(8(3)4)6-15-11-14-5-9(13)10(12)16-11/h5-8H,1-4H3/b15-6+. The predicted octanol–water partition coefficient (Wildman–Crippen LogP) is 3.51. The molecule has 1 rings (SSSR count). The summed E-state index contributed by atoms with van der Waals surface area (Å²) in [7, 11) is 0. The molecule has 0 N–H and O–H groups in total. The second kappa shape index (κ2) is 6.49. The topological polar surface area (TPSA) is 41.4 Å². The van der Waals surface area contributed by atoms with Crippen molar-refractivity contribution in [2.75, 3.05) is 0 Å². The van der Waals surface area contributed by atoms with E-state index in [1.807, 2.05) is 0 Å². The van der Waals surface area contributed by atoms with Crippen molar-refractivity contribution in [1.82, 2.24) is 14.9 Å². The summed E-state index contributed by atoms with van der Waals surface area (Å²) in [5.74, 6) is 0.390. The molecule has 1 heterocycles. The first-order valence-electron chi connectivity index (χ1n) is 5.41. The van der Waals surface area contributed by atoms with Gasteiger partial charge in [-0.15, -0.1) is 0 Å². The Labute approximate surface area is 121 Å². The zero-order valence-electron chi connectivity index (χ0n) is 10.4. The van der Waals surface area contributed by atoms with Gasteiger partial charge in [0.05, 0.1) is 9.91 Å². The summed E-state index contributed by atoms with van der Waals surface area (Å²) in [6.45, 7) is 8.48. The minimum absolute atomic E-state index is 0.387. The highest BCUT2D eigenvalue weighted by Gasteiger charge is 2.09. The molecule has 0 amide bonds. The van der Waals surface area contributed by atoms with Gasteiger partial charge in [0.2, 0.25) is 0 Å². The molecule has 0 spiro atoms. The highest BCUT2D eigenvalue weighted by atomic mass is 127. The van der Waals surface area contributed by atoms with Crippen molar-refractivity contribution in [1.29, 1.82) is 0 Å². The maximum absolute atomic E-state index is 5.91. The maximum atomic E-state index is 5.91. The van der Waals surface area contributed by atoms with Crippen LogP contribution in [0.5, 0.6) is 0 Å². The summed E-state index contributed by atoms with van der Waals surface area (Å²) in [4.78, 5) is 14.6. The van der Waals surface area contributed by atoms with Crippen LogP contribution in [0.4, 0.5) is 5.95 Å². The van der Waals surface area contributed by atoms with Crippen molar-refractivity contribution in [2.24, 2.45) is 4.99 Å². The van der Waals surface area contributed by atoms with E-state index < -0.39 is 0 Å². The van der Waals surface area contributed by atoms with Gasteiger partial charge in [-0.25, -0.2) is 9.98 Å². The third-order valence-corrected chi connectivity index (χ3v) is 3.58. The smallest absolute Gasteiger partial charge is 0.252 e. The maximum Gasteiger partial charge on any atom is 0.252 e. The van der Waals surface area contributed by atoms with Gasteiger partial charge < -0.3 is 4.90 Å². The molecule has 0 bridgehead atoms. The lowest BCUT2D eigenvalue weighted by atomic mass is 10.2. The molecule has 0 unspecified atom stereocenters. The molecule has 1 aromatic heterocycles. The number of hydrogen-bond donors (Lipinski definition) is 0. The fourth-order valence-electron chi connectivity index (χ4n) is 1.38. The fourth-order valence-corrected chi connectivity index (χ4v) is 1.77. The Morgan fingerprint density at radius 1 is 1.35 bits per heavy atom. The minimum atomic E-state index is 0.387. The van der Waals surface area contributed by atoms with Crippen LogP contribution in [0.2, 0.25) is 5.15 Å². The Morgan fingerprint density at radius 2 is 1.94 bits per heavy atom. The van der Waals surface area contributed by atoms with E-state index >= 15 is 0 Å². The minimum Gasteiger partial charge on any atom is -0.358 e. The molecule has 0 aliphatic carbocycles. The largest absolute Gasteiger partial charge is 0.358 e. The monoisotopic (exact) mass is 366 g/mol. The third kappa shape index (κ3) is 4.39. The molecule has 0 atom stereocenters. The number of aliphatic imine (C=N–C) groups is 1. The fraction of sp³-hybridized carbons (Fsp3) is 0.545. The van der Waals surface area contributed by atoms with E-state index in [9.17, 15) is 0 Å². The normalized spacial score (nSPS) is 11.8. The molecule has 4 nitrogen and oxygen atoms in total. The van der Waals surface area contributed by atoms with E-state index in [2.05, 4.69) is 70.1 Å². The van der Waals surface area contributed by atoms with Crippen LogP contribution < -0.4 is 0 Å². The lowest BCUT2D eigenvalue weighted by Crippen LogP contribution is -2.35. The first-order valence-corrected chi connectivity index (χ1v) is 6.87. The van der Waals surface area contributed by atoms with Gasteiger partial charge in [0, 0.05) is 18.3 Å². The molecule has 94 valence electrons. The van der Waals surface area contributed by atoms with Gasteiger partial charge in [0.1, 0.15) is 5.15 Å². The van der Waals surface area contributed by atoms with Crippen LogP contribution in [0.25, 0.3) is 0 Å². The zero-order chi connectivity index (χ0) is 13.0. The van der Waals surface area contributed by atoms with E-state index in [-0.39, 0.29) is 0 Å². The molecule has 0 fully saturated rings. The van der Waals surface area contributed by atoms with Crippen molar-refractivity contribution in [3.8, 4) is 0 Å². The van der Waals surface area contributed by atoms with E-state index in [0.717, 1.165) is 3.57 Å². The van der Waals surface area contributed by atoms with Crippen LogP contribution in [0, 0.1) is 3.57 Å². The quantitative estimate of drug-likeness (QED) is 0.354. The second-order valence-corrected chi connectivity index (χ2v) is 5.71. The highest BCUT2D eigenvalue weighted by Crippen LogP contribution is 2.17. The molecule has 17 heavy (non-hydrogen) atoms. The first-order chi connectivity index (χ1) is 7.91. The summed E-state index contributed by atoms with van der Waals surface area (Å²) in [6.07, 6.45) is 3.44. The zero-order valence-corrected chi connectivity index (χ0v) is 13.3. The van der Waals surface area contributed by atoms with Gasteiger partial charge in [0.15, 0.2) is 0 Å². The van der Waals surface area contributed by atoms with E-state index in [1.165, 1.54) is 0 Å². The van der Waals surface area contributed by atoms with Gasteiger partial charge in [-0.3, -0.25) is 0 Å². The third-order valence-electron chi connectivity index (χ3n) is 2.19. The van der Waals surface area contributed by atoms with Crippen molar-refractivity contribution in [3.63, 3.8) is 0 Å². The molecule has 1 aromatic rings. The number of halogens is 2. The second-order valence-electron chi connectivity index (χ2n) is 4.19. The average molecular weight is 367 g/mol. The highest BCUT2D eigenvalue weighted by molar-refractivity contribution is 14.1. The van der Waals surface area contributed by atoms with Crippen molar-refractivity contribution >= 4 is 46.5 Å². The molecule has 6 heteroatoms. The Bertz CT molecular complexity index is 398. The van der Waals surface area contributed by atoms with Crippen LogP contribution in [0.1, 0.15) is 27.7 Å². The van der Waals surface area contributed by atoms with E-state index in [4.69, 9.17) is 11.6 Å². The van der Waals surface area contributed by atoms with Crippen LogP contribution in [0.15, 0.2) is 11.2 Å². The molecule has 0 aliphatic rings. The molecule has 0 saturated heterocycles. The molecule has 0 radical (unpaired) electrons. The van der Waals surface area contributed by atoms with Gasteiger partial charge in [-0.2, -0.15) is 4.98 Å². The van der Waals surface area contributed by atoms with E-state index in [1.54, 1.807) is 12.5 Å². The summed E-state index contributed by atoms with van der Waals surface area (Å²) in [5, 5.41) is 0.438. The van der Waals surface area contributed by atoms with Crippen molar-refractivity contribution < 1.29 is 0 Å². The Balaban J connectivity index is 2.85. The van der Waals surface area contributed by atoms with Gasteiger partial charge in [-0.1, -0.05) is 11.6 Å². The predicted molar refractivity (Wildman–Crippen MR) is 80.0 cm³/mol. The summed E-state index contributed by atoms with van der Waals surface area (Å²) < 4.78 is 0.827. The molecule has 0 aromatic carbocycles.